The van der Waals surface area contributed by atoms with Crippen LogP contribution in [0.3, 0.4) is 0 Å². The molecule has 1 aromatic carbocycles. The Hall–Kier alpha value is -1.47. The fourth-order valence-electron chi connectivity index (χ4n) is 2.12. The first-order valence-corrected chi connectivity index (χ1v) is 9.53. The number of aromatic nitrogens is 2. The van der Waals surface area contributed by atoms with Gasteiger partial charge in [0.15, 0.2) is 5.69 Å². The number of carbonyl (C=O) groups excluding carboxylic acids is 1. The van der Waals surface area contributed by atoms with Gasteiger partial charge in [0.1, 0.15) is 0 Å². The minimum atomic E-state index is -4.61. The molecule has 1 heterocycles. The van der Waals surface area contributed by atoms with E-state index in [9.17, 15) is 28.1 Å². The Balaban J connectivity index is 2.11. The third-order valence-corrected chi connectivity index (χ3v) is 5.65. The molecule has 0 saturated heterocycles. The van der Waals surface area contributed by atoms with Gasteiger partial charge < -0.3 is 5.32 Å². The SMILES string of the molecule is Cc1c(Br)c(C(F)(F)F)nn1CCC(=O)Nc1c(Br)cc([N+](=O)[O-])cc1Br. The summed E-state index contributed by atoms with van der Waals surface area (Å²) < 4.78 is 40.1. The van der Waals surface area contributed by atoms with E-state index in [4.69, 9.17) is 0 Å². The summed E-state index contributed by atoms with van der Waals surface area (Å²) in [6.07, 6.45) is -4.76. The van der Waals surface area contributed by atoms with Crippen LogP contribution in [0.1, 0.15) is 17.8 Å². The van der Waals surface area contributed by atoms with Crippen molar-refractivity contribution in [2.24, 2.45) is 0 Å². The lowest BCUT2D eigenvalue weighted by atomic mass is 10.2. The summed E-state index contributed by atoms with van der Waals surface area (Å²) >= 11 is 9.14. The summed E-state index contributed by atoms with van der Waals surface area (Å²) in [7, 11) is 0. The molecule has 1 aromatic heterocycles. The van der Waals surface area contributed by atoms with Gasteiger partial charge in [-0.2, -0.15) is 18.3 Å². The predicted molar refractivity (Wildman–Crippen MR) is 101 cm³/mol. The fraction of sp³-hybridized carbons (Fsp3) is 0.286. The highest BCUT2D eigenvalue weighted by Crippen LogP contribution is 2.36. The van der Waals surface area contributed by atoms with E-state index < -0.39 is 22.7 Å². The Bertz CT molecular complexity index is 892. The molecule has 0 aliphatic rings. The first-order chi connectivity index (χ1) is 12.4. The number of amides is 1. The zero-order valence-electron chi connectivity index (χ0n) is 13.4. The number of anilines is 1. The number of nitrogens with one attached hydrogen (secondary N) is 1. The second kappa shape index (κ2) is 8.27. The fourth-order valence-corrected chi connectivity index (χ4v) is 3.99. The molecule has 7 nitrogen and oxygen atoms in total. The molecule has 2 aromatic rings. The highest BCUT2D eigenvalue weighted by atomic mass is 79.9. The molecule has 2 rings (SSSR count). The molecule has 0 bridgehead atoms. The number of nitrogens with zero attached hydrogens (tertiary/aromatic N) is 3. The maximum Gasteiger partial charge on any atom is 0.436 e. The molecule has 0 aliphatic heterocycles. The number of hydrogen-bond acceptors (Lipinski definition) is 4. The zero-order chi connectivity index (χ0) is 20.5. The number of hydrogen-bond donors (Lipinski definition) is 1. The Morgan fingerprint density at radius 2 is 1.85 bits per heavy atom. The Labute approximate surface area is 175 Å². The van der Waals surface area contributed by atoms with E-state index in [-0.39, 0.29) is 43.5 Å². The highest BCUT2D eigenvalue weighted by Gasteiger charge is 2.37. The molecule has 0 atom stereocenters. The third-order valence-electron chi connectivity index (χ3n) is 3.45. The molecule has 13 heteroatoms. The second-order valence-corrected chi connectivity index (χ2v) is 7.81. The van der Waals surface area contributed by atoms with Crippen LogP contribution in [0.15, 0.2) is 25.6 Å². The van der Waals surface area contributed by atoms with Crippen molar-refractivity contribution in [1.82, 2.24) is 9.78 Å². The number of nitro benzene ring substituents is 1. The lowest BCUT2D eigenvalue weighted by Crippen LogP contribution is -2.16. The molecule has 0 saturated carbocycles. The summed E-state index contributed by atoms with van der Waals surface area (Å²) in [6, 6.07) is 2.45. The van der Waals surface area contributed by atoms with Gasteiger partial charge in [-0.3, -0.25) is 19.6 Å². The van der Waals surface area contributed by atoms with Gasteiger partial charge in [-0.25, -0.2) is 0 Å². The largest absolute Gasteiger partial charge is 0.436 e. The number of halogens is 6. The summed E-state index contributed by atoms with van der Waals surface area (Å²) in [5.74, 6) is -0.496. The zero-order valence-corrected chi connectivity index (χ0v) is 18.2. The standard InChI is InChI=1S/C14H10Br3F3N4O3/c1-6-11(17)13(14(18,19)20)22-23(6)3-2-10(25)21-12-8(15)4-7(24(26)27)5-9(12)16/h4-5H,2-3H2,1H3,(H,21,25). The minimum Gasteiger partial charge on any atom is -0.324 e. The molecule has 1 N–H and O–H groups in total. The van der Waals surface area contributed by atoms with Gasteiger partial charge in [0.05, 0.1) is 27.3 Å². The van der Waals surface area contributed by atoms with Gasteiger partial charge in [-0.1, -0.05) is 0 Å². The van der Waals surface area contributed by atoms with Crippen molar-refractivity contribution >= 4 is 65.1 Å². The van der Waals surface area contributed by atoms with Crippen LogP contribution in [-0.2, 0) is 17.5 Å². The van der Waals surface area contributed by atoms with Crippen LogP contribution < -0.4 is 5.32 Å². The molecule has 0 aliphatic carbocycles. The van der Waals surface area contributed by atoms with E-state index in [0.29, 0.717) is 0 Å². The van der Waals surface area contributed by atoms with Gasteiger partial charge in [-0.05, 0) is 54.7 Å². The summed E-state index contributed by atoms with van der Waals surface area (Å²) in [5, 5.41) is 16.9. The lowest BCUT2D eigenvalue weighted by Gasteiger charge is -2.10. The van der Waals surface area contributed by atoms with Crippen molar-refractivity contribution < 1.29 is 22.9 Å². The number of aryl methyl sites for hydroxylation is 1. The van der Waals surface area contributed by atoms with Crippen molar-refractivity contribution in [2.45, 2.75) is 26.1 Å². The number of nitro groups is 1. The molecular weight excluding hydrogens is 569 g/mol. The highest BCUT2D eigenvalue weighted by molar-refractivity contribution is 9.11. The van der Waals surface area contributed by atoms with Crippen LogP contribution >= 0.6 is 47.8 Å². The van der Waals surface area contributed by atoms with Gasteiger partial charge in [-0.15, -0.1) is 0 Å². The van der Waals surface area contributed by atoms with Gasteiger partial charge in [0.2, 0.25) is 5.91 Å². The number of alkyl halides is 3. The number of non-ortho nitro benzene ring substituents is 1. The predicted octanol–water partition coefficient (Wildman–Crippen LogP) is 5.43. The molecular formula is C14H10Br3F3N4O3. The number of rotatable bonds is 5. The Morgan fingerprint density at radius 3 is 2.30 bits per heavy atom. The Kier molecular flexibility index (Phi) is 6.68. The van der Waals surface area contributed by atoms with E-state index in [1.807, 2.05) is 0 Å². The van der Waals surface area contributed by atoms with E-state index in [0.717, 1.165) is 4.68 Å². The molecule has 0 radical (unpaired) electrons. The third kappa shape index (κ3) is 5.08. The van der Waals surface area contributed by atoms with E-state index in [1.165, 1.54) is 19.1 Å². The quantitative estimate of drug-likeness (QED) is 0.378. The molecule has 0 unspecified atom stereocenters. The van der Waals surface area contributed by atoms with Gasteiger partial charge in [0.25, 0.3) is 5.69 Å². The molecule has 0 fully saturated rings. The van der Waals surface area contributed by atoms with Crippen molar-refractivity contribution in [3.63, 3.8) is 0 Å². The normalized spacial score (nSPS) is 11.5. The van der Waals surface area contributed by atoms with Crippen molar-refractivity contribution in [3.05, 3.63) is 47.1 Å². The average molecular weight is 579 g/mol. The first-order valence-electron chi connectivity index (χ1n) is 7.15. The van der Waals surface area contributed by atoms with Gasteiger partial charge >= 0.3 is 6.18 Å². The smallest absolute Gasteiger partial charge is 0.324 e. The molecule has 146 valence electrons. The van der Waals surface area contributed by atoms with E-state index >= 15 is 0 Å². The number of carbonyl (C=O) groups is 1. The van der Waals surface area contributed by atoms with Crippen LogP contribution in [0, 0.1) is 17.0 Å². The molecule has 27 heavy (non-hydrogen) atoms. The van der Waals surface area contributed by atoms with Crippen molar-refractivity contribution in [2.75, 3.05) is 5.32 Å². The average Bonchev–Trinajstić information content (AvgIpc) is 2.84. The molecule has 1 amide bonds. The summed E-state index contributed by atoms with van der Waals surface area (Å²) in [6.45, 7) is 1.38. The van der Waals surface area contributed by atoms with E-state index in [2.05, 4.69) is 58.2 Å². The lowest BCUT2D eigenvalue weighted by molar-refractivity contribution is -0.385. The molecule has 0 spiro atoms. The second-order valence-electron chi connectivity index (χ2n) is 5.31. The van der Waals surface area contributed by atoms with Crippen LogP contribution in [0.5, 0.6) is 0 Å². The van der Waals surface area contributed by atoms with Crippen LogP contribution in [0.2, 0.25) is 0 Å². The van der Waals surface area contributed by atoms with Crippen molar-refractivity contribution in [1.29, 1.82) is 0 Å². The van der Waals surface area contributed by atoms with Crippen LogP contribution in [0.4, 0.5) is 24.5 Å². The maximum atomic E-state index is 12.9. The van der Waals surface area contributed by atoms with Crippen LogP contribution in [0.25, 0.3) is 0 Å². The van der Waals surface area contributed by atoms with Gasteiger partial charge in [0, 0.05) is 27.5 Å². The topological polar surface area (TPSA) is 90.1 Å². The van der Waals surface area contributed by atoms with E-state index in [1.54, 1.807) is 0 Å². The van der Waals surface area contributed by atoms with Crippen LogP contribution in [-0.4, -0.2) is 20.6 Å². The minimum absolute atomic E-state index is 0.0748. The first kappa shape index (κ1) is 21.8. The Morgan fingerprint density at radius 1 is 1.30 bits per heavy atom. The van der Waals surface area contributed by atoms with Crippen molar-refractivity contribution in [3.8, 4) is 0 Å². The maximum absolute atomic E-state index is 12.9. The number of benzene rings is 1. The monoisotopic (exact) mass is 576 g/mol. The summed E-state index contributed by atoms with van der Waals surface area (Å²) in [4.78, 5) is 22.4. The summed E-state index contributed by atoms with van der Waals surface area (Å²) in [5.41, 5.74) is -0.711.